The highest BCUT2D eigenvalue weighted by Crippen LogP contribution is 2.34. The summed E-state index contributed by atoms with van der Waals surface area (Å²) >= 11 is 0. The van der Waals surface area contributed by atoms with Crippen LogP contribution in [0.25, 0.3) is 22.2 Å². The Balaban J connectivity index is 1.89. The maximum atomic E-state index is 4.67. The molecular formula is C18H22N4. The van der Waals surface area contributed by atoms with Crippen molar-refractivity contribution in [1.29, 1.82) is 0 Å². The highest BCUT2D eigenvalue weighted by molar-refractivity contribution is 5.96. The first-order valence-corrected chi connectivity index (χ1v) is 8.18. The number of rotatable bonds is 3. The molecule has 0 unspecified atom stereocenters. The highest BCUT2D eigenvalue weighted by Gasteiger charge is 2.23. The third-order valence-electron chi connectivity index (χ3n) is 4.84. The van der Waals surface area contributed by atoms with Gasteiger partial charge in [0.15, 0.2) is 0 Å². The van der Waals surface area contributed by atoms with Crippen LogP contribution in [0.15, 0.2) is 30.5 Å². The summed E-state index contributed by atoms with van der Waals surface area (Å²) in [7, 11) is 0. The predicted octanol–water partition coefficient (Wildman–Crippen LogP) is 3.43. The summed E-state index contributed by atoms with van der Waals surface area (Å²) in [5.41, 5.74) is 6.38. The largest absolute Gasteiger partial charge is 0.347 e. The van der Waals surface area contributed by atoms with E-state index in [4.69, 9.17) is 0 Å². The zero-order valence-corrected chi connectivity index (χ0v) is 13.3. The van der Waals surface area contributed by atoms with Crippen molar-refractivity contribution in [1.82, 2.24) is 19.7 Å². The molecule has 1 N–H and O–H groups in total. The van der Waals surface area contributed by atoms with Crippen LogP contribution in [-0.4, -0.2) is 32.8 Å². The van der Waals surface area contributed by atoms with Crippen LogP contribution in [-0.2, 0) is 19.5 Å². The number of aromatic amines is 1. The standard InChI is InChI=1S/C18H22N4/c1-3-21-10-9-16-15(11-21)18(20-19-16)14-12-22(4-2)17-8-6-5-7-13(14)17/h5-8,12H,3-4,9-11H2,1-2H3,(H,19,20). The summed E-state index contributed by atoms with van der Waals surface area (Å²) in [5, 5.41) is 9.24. The minimum atomic E-state index is 0.980. The number of H-pyrrole nitrogens is 1. The van der Waals surface area contributed by atoms with E-state index in [-0.39, 0.29) is 0 Å². The smallest absolute Gasteiger partial charge is 0.0990 e. The number of nitrogens with one attached hydrogen (secondary N) is 1. The van der Waals surface area contributed by atoms with Crippen LogP contribution in [0, 0.1) is 0 Å². The van der Waals surface area contributed by atoms with Gasteiger partial charge in [0.2, 0.25) is 0 Å². The van der Waals surface area contributed by atoms with E-state index in [1.54, 1.807) is 0 Å². The molecule has 2 aromatic heterocycles. The fraction of sp³-hybridized carbons (Fsp3) is 0.389. The van der Waals surface area contributed by atoms with E-state index in [9.17, 15) is 0 Å². The predicted molar refractivity (Wildman–Crippen MR) is 89.8 cm³/mol. The molecule has 0 saturated carbocycles. The van der Waals surface area contributed by atoms with Gasteiger partial charge in [-0.1, -0.05) is 25.1 Å². The van der Waals surface area contributed by atoms with Crippen molar-refractivity contribution in [3.05, 3.63) is 41.7 Å². The van der Waals surface area contributed by atoms with Gasteiger partial charge in [0.05, 0.1) is 5.69 Å². The van der Waals surface area contributed by atoms with Gasteiger partial charge >= 0.3 is 0 Å². The average molecular weight is 294 g/mol. The number of fused-ring (bicyclic) bond motifs is 2. The van der Waals surface area contributed by atoms with Crippen molar-refractivity contribution in [2.45, 2.75) is 33.4 Å². The Morgan fingerprint density at radius 3 is 2.86 bits per heavy atom. The molecule has 1 aliphatic heterocycles. The molecule has 3 aromatic rings. The summed E-state index contributed by atoms with van der Waals surface area (Å²) in [6.45, 7) is 8.63. The maximum absolute atomic E-state index is 4.67. The third kappa shape index (κ3) is 1.98. The fourth-order valence-electron chi connectivity index (χ4n) is 3.54. The second kappa shape index (κ2) is 5.29. The molecule has 114 valence electrons. The van der Waals surface area contributed by atoms with Gasteiger partial charge in [0, 0.05) is 60.0 Å². The first kappa shape index (κ1) is 13.6. The SMILES string of the molecule is CCN1CCc2[nH]nc(-c3cn(CC)c4ccccc34)c2C1. The van der Waals surface area contributed by atoms with Gasteiger partial charge in [0.1, 0.15) is 0 Å². The molecule has 0 saturated heterocycles. The number of hydrogen-bond acceptors (Lipinski definition) is 2. The van der Waals surface area contributed by atoms with Gasteiger partial charge in [0.25, 0.3) is 0 Å². The quantitative estimate of drug-likeness (QED) is 0.803. The Bertz CT molecular complexity index is 812. The summed E-state index contributed by atoms with van der Waals surface area (Å²) in [5.74, 6) is 0. The van der Waals surface area contributed by atoms with Crippen molar-refractivity contribution in [2.24, 2.45) is 0 Å². The van der Waals surface area contributed by atoms with E-state index < -0.39 is 0 Å². The Morgan fingerprint density at radius 1 is 1.18 bits per heavy atom. The van der Waals surface area contributed by atoms with Crippen LogP contribution in [0.2, 0.25) is 0 Å². The van der Waals surface area contributed by atoms with Crippen LogP contribution in [0.1, 0.15) is 25.1 Å². The monoisotopic (exact) mass is 294 g/mol. The minimum absolute atomic E-state index is 0.980. The molecule has 1 aliphatic rings. The van der Waals surface area contributed by atoms with Gasteiger partial charge in [-0.3, -0.25) is 10.00 Å². The van der Waals surface area contributed by atoms with Crippen LogP contribution in [0.3, 0.4) is 0 Å². The molecule has 22 heavy (non-hydrogen) atoms. The Kier molecular flexibility index (Phi) is 3.26. The molecule has 0 amide bonds. The first-order valence-electron chi connectivity index (χ1n) is 8.18. The average Bonchev–Trinajstić information content (AvgIpc) is 3.15. The molecule has 0 aliphatic carbocycles. The van der Waals surface area contributed by atoms with Crippen molar-refractivity contribution >= 4 is 10.9 Å². The van der Waals surface area contributed by atoms with Gasteiger partial charge in [-0.05, 0) is 19.5 Å². The lowest BCUT2D eigenvalue weighted by Gasteiger charge is -2.25. The summed E-state index contributed by atoms with van der Waals surface area (Å²) < 4.78 is 2.31. The van der Waals surface area contributed by atoms with Crippen molar-refractivity contribution in [3.63, 3.8) is 0 Å². The zero-order valence-electron chi connectivity index (χ0n) is 13.3. The molecule has 1 aromatic carbocycles. The molecule has 0 fully saturated rings. The Labute approximate surface area is 130 Å². The van der Waals surface area contributed by atoms with E-state index in [1.165, 1.54) is 27.7 Å². The normalized spacial score (nSPS) is 15.4. The molecule has 4 rings (SSSR count). The fourth-order valence-corrected chi connectivity index (χ4v) is 3.54. The van der Waals surface area contributed by atoms with E-state index in [2.05, 4.69) is 64.0 Å². The highest BCUT2D eigenvalue weighted by atomic mass is 15.2. The van der Waals surface area contributed by atoms with Gasteiger partial charge in [-0.2, -0.15) is 5.10 Å². The van der Waals surface area contributed by atoms with E-state index >= 15 is 0 Å². The van der Waals surface area contributed by atoms with Crippen LogP contribution in [0.4, 0.5) is 0 Å². The van der Waals surface area contributed by atoms with Gasteiger partial charge in [-0.15, -0.1) is 0 Å². The number of aryl methyl sites for hydroxylation is 1. The molecule has 0 bridgehead atoms. The molecule has 0 atom stereocenters. The summed E-state index contributed by atoms with van der Waals surface area (Å²) in [4.78, 5) is 2.49. The van der Waals surface area contributed by atoms with Crippen LogP contribution < -0.4 is 0 Å². The lowest BCUT2D eigenvalue weighted by molar-refractivity contribution is 0.267. The van der Waals surface area contributed by atoms with Crippen molar-refractivity contribution in [2.75, 3.05) is 13.1 Å². The molecular weight excluding hydrogens is 272 g/mol. The van der Waals surface area contributed by atoms with E-state index in [1.807, 2.05) is 0 Å². The molecule has 0 spiro atoms. The molecule has 4 heteroatoms. The van der Waals surface area contributed by atoms with Crippen LogP contribution in [0.5, 0.6) is 0 Å². The number of hydrogen-bond donors (Lipinski definition) is 1. The number of likely N-dealkylation sites (N-methyl/N-ethyl adjacent to an activating group) is 1. The second-order valence-corrected chi connectivity index (χ2v) is 5.99. The van der Waals surface area contributed by atoms with Gasteiger partial charge < -0.3 is 4.57 Å². The van der Waals surface area contributed by atoms with E-state index in [0.29, 0.717) is 0 Å². The lowest BCUT2D eigenvalue weighted by atomic mass is 10.0. The van der Waals surface area contributed by atoms with Crippen molar-refractivity contribution < 1.29 is 0 Å². The number of aromatic nitrogens is 3. The third-order valence-corrected chi connectivity index (χ3v) is 4.84. The second-order valence-electron chi connectivity index (χ2n) is 5.99. The molecule has 3 heterocycles. The van der Waals surface area contributed by atoms with Gasteiger partial charge in [-0.25, -0.2) is 0 Å². The van der Waals surface area contributed by atoms with Crippen molar-refractivity contribution in [3.8, 4) is 11.3 Å². The Morgan fingerprint density at radius 2 is 2.05 bits per heavy atom. The Hall–Kier alpha value is -2.07. The molecule has 0 radical (unpaired) electrons. The van der Waals surface area contributed by atoms with E-state index in [0.717, 1.165) is 38.3 Å². The lowest BCUT2D eigenvalue weighted by Crippen LogP contribution is -2.30. The molecule has 4 nitrogen and oxygen atoms in total. The first-order chi connectivity index (χ1) is 10.8. The number of nitrogens with zero attached hydrogens (tertiary/aromatic N) is 3. The number of para-hydroxylation sites is 1. The van der Waals surface area contributed by atoms with Crippen LogP contribution >= 0.6 is 0 Å². The maximum Gasteiger partial charge on any atom is 0.0990 e. The zero-order chi connectivity index (χ0) is 15.1. The number of benzene rings is 1. The summed E-state index contributed by atoms with van der Waals surface area (Å²) in [6, 6.07) is 8.62. The topological polar surface area (TPSA) is 36.9 Å². The minimum Gasteiger partial charge on any atom is -0.347 e. The summed E-state index contributed by atoms with van der Waals surface area (Å²) in [6.07, 6.45) is 3.33.